The first-order valence-electron chi connectivity index (χ1n) is 16.9. The van der Waals surface area contributed by atoms with Crippen LogP contribution >= 0.6 is 0 Å². The highest BCUT2D eigenvalue weighted by molar-refractivity contribution is 6.01. The van der Waals surface area contributed by atoms with E-state index in [0.29, 0.717) is 12.0 Å². The Morgan fingerprint density at radius 1 is 0.875 bits per heavy atom. The Labute approximate surface area is 277 Å². The molecule has 4 aliphatic carbocycles. The lowest BCUT2D eigenvalue weighted by molar-refractivity contribution is -0.297. The van der Waals surface area contributed by atoms with Crippen molar-refractivity contribution in [3.63, 3.8) is 0 Å². The van der Waals surface area contributed by atoms with Crippen LogP contribution in [-0.2, 0) is 19.1 Å². The highest BCUT2D eigenvalue weighted by Gasteiger charge is 2.79. The molecule has 14 heteroatoms. The third-order valence-corrected chi connectivity index (χ3v) is 13.7. The summed E-state index contributed by atoms with van der Waals surface area (Å²) in [6, 6.07) is 0. The van der Waals surface area contributed by atoms with Gasteiger partial charge in [-0.05, 0) is 67.9 Å². The zero-order chi connectivity index (χ0) is 35.3. The molecule has 270 valence electrons. The highest BCUT2D eigenvalue weighted by Crippen LogP contribution is 2.76. The van der Waals surface area contributed by atoms with Gasteiger partial charge in [-0.25, -0.2) is 4.39 Å². The van der Waals surface area contributed by atoms with E-state index >= 15 is 4.39 Å². The lowest BCUT2D eigenvalue weighted by Crippen LogP contribution is -2.74. The molecular formula is C34H49FO13. The van der Waals surface area contributed by atoms with Crippen molar-refractivity contribution in [3.8, 4) is 0 Å². The fourth-order valence-electron chi connectivity index (χ4n) is 11.5. The van der Waals surface area contributed by atoms with Crippen molar-refractivity contribution < 1.29 is 69.4 Å². The number of hydrogen-bond acceptors (Lipinski definition) is 13. The number of aliphatic hydroxyl groups is 9. The molecule has 9 N–H and O–H groups in total. The molecule has 6 aliphatic rings. The van der Waals surface area contributed by atoms with Crippen LogP contribution in [0.25, 0.3) is 0 Å². The van der Waals surface area contributed by atoms with E-state index in [1.807, 2.05) is 0 Å². The van der Waals surface area contributed by atoms with Crippen molar-refractivity contribution in [3.05, 3.63) is 23.8 Å². The Hall–Kier alpha value is -1.69. The summed E-state index contributed by atoms with van der Waals surface area (Å²) < 4.78 is 31.2. The average Bonchev–Trinajstić information content (AvgIpc) is 3.29. The fourth-order valence-corrected chi connectivity index (χ4v) is 11.5. The minimum absolute atomic E-state index is 0.206. The predicted molar refractivity (Wildman–Crippen MR) is 162 cm³/mol. The van der Waals surface area contributed by atoms with Crippen LogP contribution in [0, 0.1) is 39.9 Å². The van der Waals surface area contributed by atoms with Gasteiger partial charge in [0, 0.05) is 11.3 Å². The molecule has 0 radical (unpaired) electrons. The van der Waals surface area contributed by atoms with Crippen molar-refractivity contribution in [2.24, 2.45) is 39.9 Å². The molecule has 0 aromatic rings. The smallest absolute Gasteiger partial charge is 0.178 e. The van der Waals surface area contributed by atoms with Crippen LogP contribution in [0.4, 0.5) is 4.39 Å². The zero-order valence-electron chi connectivity index (χ0n) is 27.3. The molecule has 18 atom stereocenters. The summed E-state index contributed by atoms with van der Waals surface area (Å²) >= 11 is 0. The van der Waals surface area contributed by atoms with Crippen molar-refractivity contribution >= 4 is 11.6 Å². The topological polar surface area (TPSA) is 235 Å². The summed E-state index contributed by atoms with van der Waals surface area (Å²) in [5, 5.41) is 96.5. The van der Waals surface area contributed by atoms with Crippen LogP contribution in [-0.4, -0.2) is 144 Å². The molecule has 5 fully saturated rings. The Kier molecular flexibility index (Phi) is 9.20. The number of ether oxygens (including phenoxy) is 2. The SMILES string of the molecule is CC1C[C@H]2[C@@H]3CCC4=CC(=O)C=C[C@]4(C)[C@@]3(F)C([C@@H]3O[C@H](CO)[C@H](O)[C@H](O)[C@H]3O)C[C@]2(C)[C@]1(C(=O)CO)[C@@H]1O[C@H](CO)[C@H](O)[C@H](O)[C@H]1O. The van der Waals surface area contributed by atoms with Gasteiger partial charge in [-0.3, -0.25) is 9.59 Å². The van der Waals surface area contributed by atoms with E-state index in [4.69, 9.17) is 9.47 Å². The molecule has 6 rings (SSSR count). The summed E-state index contributed by atoms with van der Waals surface area (Å²) in [6.07, 6.45) is -12.0. The summed E-state index contributed by atoms with van der Waals surface area (Å²) in [5.74, 6) is -4.66. The van der Waals surface area contributed by atoms with Gasteiger partial charge in [0.25, 0.3) is 0 Å². The summed E-state index contributed by atoms with van der Waals surface area (Å²) in [6.45, 7) is 2.57. The van der Waals surface area contributed by atoms with E-state index in [-0.39, 0.29) is 25.0 Å². The van der Waals surface area contributed by atoms with Gasteiger partial charge in [-0.2, -0.15) is 0 Å². The molecule has 0 bridgehead atoms. The van der Waals surface area contributed by atoms with Crippen LogP contribution < -0.4 is 0 Å². The molecule has 2 saturated heterocycles. The molecule has 48 heavy (non-hydrogen) atoms. The summed E-state index contributed by atoms with van der Waals surface area (Å²) in [7, 11) is 0. The molecule has 0 aromatic heterocycles. The first-order chi connectivity index (χ1) is 22.5. The van der Waals surface area contributed by atoms with Crippen LogP contribution in [0.1, 0.15) is 46.5 Å². The van der Waals surface area contributed by atoms with Crippen LogP contribution in [0.15, 0.2) is 23.8 Å². The van der Waals surface area contributed by atoms with E-state index in [9.17, 15) is 55.5 Å². The number of aliphatic hydroxyl groups excluding tert-OH is 9. The number of hydrogen-bond donors (Lipinski definition) is 9. The zero-order valence-corrected chi connectivity index (χ0v) is 27.3. The van der Waals surface area contributed by atoms with Gasteiger partial charge in [-0.15, -0.1) is 0 Å². The lowest BCUT2D eigenvalue weighted by atomic mass is 9.39. The number of Topliss-reactive ketones (excluding diaryl/α,β-unsaturated/α-hetero) is 1. The number of allylic oxidation sites excluding steroid dienone is 4. The number of carbonyl (C=O) groups is 2. The van der Waals surface area contributed by atoms with Gasteiger partial charge in [0.2, 0.25) is 0 Å². The van der Waals surface area contributed by atoms with Gasteiger partial charge < -0.3 is 55.4 Å². The Bertz CT molecular complexity index is 1350. The number of halogens is 1. The largest absolute Gasteiger partial charge is 0.394 e. The number of rotatable bonds is 6. The number of carbonyl (C=O) groups excluding carboxylic acids is 2. The normalized spacial score (nSPS) is 55.0. The molecule has 0 aromatic carbocycles. The van der Waals surface area contributed by atoms with E-state index < -0.39 is 132 Å². The molecular weight excluding hydrogens is 635 g/mol. The van der Waals surface area contributed by atoms with Gasteiger partial charge in [0.1, 0.15) is 67.2 Å². The molecule has 3 saturated carbocycles. The summed E-state index contributed by atoms with van der Waals surface area (Å²) in [4.78, 5) is 26.9. The minimum atomic E-state index is -2.29. The molecule has 13 nitrogen and oxygen atoms in total. The van der Waals surface area contributed by atoms with E-state index in [2.05, 4.69) is 0 Å². The number of ketones is 2. The fraction of sp³-hybridized carbons (Fsp3) is 0.824. The van der Waals surface area contributed by atoms with Crippen molar-refractivity contribution in [1.29, 1.82) is 0 Å². The van der Waals surface area contributed by atoms with E-state index in [1.54, 1.807) is 20.8 Å². The molecule has 2 aliphatic heterocycles. The Balaban J connectivity index is 1.58. The third-order valence-electron chi connectivity index (χ3n) is 13.7. The summed E-state index contributed by atoms with van der Waals surface area (Å²) in [5.41, 5.74) is -6.37. The molecule has 2 unspecified atom stereocenters. The number of alkyl halides is 1. The Morgan fingerprint density at radius 2 is 1.48 bits per heavy atom. The monoisotopic (exact) mass is 684 g/mol. The minimum Gasteiger partial charge on any atom is -0.394 e. The van der Waals surface area contributed by atoms with Crippen molar-refractivity contribution in [1.82, 2.24) is 0 Å². The molecule has 0 amide bonds. The van der Waals surface area contributed by atoms with Crippen LogP contribution in [0.2, 0.25) is 0 Å². The molecule has 0 spiro atoms. The van der Waals surface area contributed by atoms with Crippen molar-refractivity contribution in [2.75, 3.05) is 19.8 Å². The van der Waals surface area contributed by atoms with E-state index in [0.717, 1.165) is 0 Å². The maximum absolute atomic E-state index is 19.0. The predicted octanol–water partition coefficient (Wildman–Crippen LogP) is -1.91. The van der Waals surface area contributed by atoms with E-state index in [1.165, 1.54) is 18.2 Å². The second-order valence-electron chi connectivity index (χ2n) is 15.5. The van der Waals surface area contributed by atoms with Gasteiger partial charge in [0.15, 0.2) is 11.6 Å². The molecule has 2 heterocycles. The standard InChI is InChI=1S/C34H49FO13/c1-14-8-18-17-5-4-15-9-16(39)6-7-31(15,2)34(17,35)19(29-27(45)25(43)23(41)20(11-36)47-29)10-32(18,3)33(14,22(40)13-38)30-28(46)26(44)24(42)21(12-37)48-30/h6-7,9,14,17-21,23-30,36-38,41-46H,4-5,8,10-13H2,1-3H3/t14?,17-,18-,19?,20+,21+,23-,24-,25-,26-,27+,28+,29-,30+,31-,32-,33+,34-/m0/s1. The van der Waals surface area contributed by atoms with Crippen LogP contribution in [0.5, 0.6) is 0 Å². The third kappa shape index (κ3) is 4.47. The van der Waals surface area contributed by atoms with Gasteiger partial charge >= 0.3 is 0 Å². The van der Waals surface area contributed by atoms with Crippen LogP contribution in [0.3, 0.4) is 0 Å². The number of fused-ring (bicyclic) bond motifs is 5. The first kappa shape index (κ1) is 36.1. The quantitative estimate of drug-likeness (QED) is 0.149. The van der Waals surface area contributed by atoms with Gasteiger partial charge in [0.05, 0.1) is 24.7 Å². The Morgan fingerprint density at radius 3 is 2.08 bits per heavy atom. The van der Waals surface area contributed by atoms with Crippen molar-refractivity contribution in [2.45, 2.75) is 113 Å². The first-order valence-corrected chi connectivity index (χ1v) is 16.9. The second-order valence-corrected chi connectivity index (χ2v) is 15.5. The average molecular weight is 685 g/mol. The highest BCUT2D eigenvalue weighted by atomic mass is 19.1. The van der Waals surface area contributed by atoms with Gasteiger partial charge in [-0.1, -0.05) is 25.5 Å². The second kappa shape index (κ2) is 12.2. The maximum atomic E-state index is 19.0. The maximum Gasteiger partial charge on any atom is 0.178 e. The lowest BCUT2D eigenvalue weighted by Gasteiger charge is -2.67.